The predicted molar refractivity (Wildman–Crippen MR) is 74.7 cm³/mol. The summed E-state index contributed by atoms with van der Waals surface area (Å²) >= 11 is 0. The van der Waals surface area contributed by atoms with E-state index in [0.717, 1.165) is 57.3 Å². The Kier molecular flexibility index (Phi) is 5.26. The Labute approximate surface area is 116 Å². The van der Waals surface area contributed by atoms with E-state index in [9.17, 15) is 9.90 Å². The Hall–Kier alpha value is -0.570. The molecule has 0 unspecified atom stereocenters. The van der Waals surface area contributed by atoms with Crippen molar-refractivity contribution in [3.8, 4) is 0 Å². The molecule has 0 atom stereocenters. The summed E-state index contributed by atoms with van der Waals surface area (Å²) < 4.78 is 5.75. The summed E-state index contributed by atoms with van der Waals surface area (Å²) in [6.07, 6.45) is 10.5. The van der Waals surface area contributed by atoms with E-state index in [1.54, 1.807) is 0 Å². The van der Waals surface area contributed by atoms with Gasteiger partial charge in [0, 0.05) is 0 Å². The van der Waals surface area contributed by atoms with E-state index in [-0.39, 0.29) is 18.5 Å². The van der Waals surface area contributed by atoms with E-state index in [2.05, 4.69) is 6.92 Å². The van der Waals surface area contributed by atoms with E-state index in [4.69, 9.17) is 4.74 Å². The number of ether oxygens (including phenoxy) is 1. The van der Waals surface area contributed by atoms with Gasteiger partial charge in [0.25, 0.3) is 0 Å². The third kappa shape index (κ3) is 3.71. The largest absolute Gasteiger partial charge is 0.456 e. The third-order valence-electron chi connectivity index (χ3n) is 5.13. The number of esters is 1. The molecule has 19 heavy (non-hydrogen) atoms. The highest BCUT2D eigenvalue weighted by molar-refractivity contribution is 5.73. The number of hydrogen-bond acceptors (Lipinski definition) is 3. The molecule has 2 aliphatic carbocycles. The number of carbonyl (C=O) groups is 1. The zero-order valence-electron chi connectivity index (χ0n) is 12.2. The summed E-state index contributed by atoms with van der Waals surface area (Å²) in [6, 6.07) is 0. The second-order valence-electron chi connectivity index (χ2n) is 6.45. The quantitative estimate of drug-likeness (QED) is 0.794. The van der Waals surface area contributed by atoms with E-state index in [0.29, 0.717) is 0 Å². The summed E-state index contributed by atoms with van der Waals surface area (Å²) in [6.45, 7) is 2.22. The second-order valence-corrected chi connectivity index (χ2v) is 6.45. The number of carbonyl (C=O) groups excluding carboxylic acids is 1. The van der Waals surface area contributed by atoms with Crippen molar-refractivity contribution in [2.45, 2.75) is 76.7 Å². The van der Waals surface area contributed by atoms with Crippen LogP contribution in [-0.4, -0.2) is 23.3 Å². The van der Waals surface area contributed by atoms with Crippen molar-refractivity contribution in [2.75, 3.05) is 6.61 Å². The highest BCUT2D eigenvalue weighted by atomic mass is 16.6. The SMILES string of the molecule is CC[C@H]1CC[C@H](C(=O)OC2(CO)CCCCC2)CC1. The van der Waals surface area contributed by atoms with Gasteiger partial charge in [-0.1, -0.05) is 19.8 Å². The highest BCUT2D eigenvalue weighted by Crippen LogP contribution is 2.35. The van der Waals surface area contributed by atoms with Crippen LogP contribution < -0.4 is 0 Å². The van der Waals surface area contributed by atoms with Gasteiger partial charge < -0.3 is 9.84 Å². The van der Waals surface area contributed by atoms with Crippen LogP contribution in [-0.2, 0) is 9.53 Å². The minimum absolute atomic E-state index is 0.0109. The van der Waals surface area contributed by atoms with Gasteiger partial charge in [-0.25, -0.2) is 0 Å². The molecule has 1 N–H and O–H groups in total. The molecule has 2 rings (SSSR count). The zero-order valence-corrected chi connectivity index (χ0v) is 12.2. The van der Waals surface area contributed by atoms with Gasteiger partial charge in [0.2, 0.25) is 0 Å². The Morgan fingerprint density at radius 2 is 1.79 bits per heavy atom. The lowest BCUT2D eigenvalue weighted by Crippen LogP contribution is -2.42. The van der Waals surface area contributed by atoms with Crippen LogP contribution in [0, 0.1) is 11.8 Å². The standard InChI is InChI=1S/C16H28O3/c1-2-13-6-8-14(9-7-13)15(18)19-16(12-17)10-4-3-5-11-16/h13-14,17H,2-12H2,1H3/t13-,14-. The van der Waals surface area contributed by atoms with Crippen LogP contribution in [0.5, 0.6) is 0 Å². The molecular weight excluding hydrogens is 240 g/mol. The molecule has 2 aliphatic rings. The van der Waals surface area contributed by atoms with E-state index >= 15 is 0 Å². The fourth-order valence-electron chi connectivity index (χ4n) is 3.59. The van der Waals surface area contributed by atoms with Crippen molar-refractivity contribution in [1.29, 1.82) is 0 Å². The molecule has 0 heterocycles. The molecule has 2 fully saturated rings. The fourth-order valence-corrected chi connectivity index (χ4v) is 3.59. The van der Waals surface area contributed by atoms with Gasteiger partial charge in [-0.15, -0.1) is 0 Å². The van der Waals surface area contributed by atoms with E-state index < -0.39 is 5.60 Å². The molecule has 0 amide bonds. The maximum absolute atomic E-state index is 12.3. The first kappa shape index (κ1) is 14.8. The van der Waals surface area contributed by atoms with Crippen molar-refractivity contribution < 1.29 is 14.6 Å². The summed E-state index contributed by atoms with van der Waals surface area (Å²) in [5, 5.41) is 9.59. The molecule has 0 aromatic carbocycles. The Morgan fingerprint density at radius 1 is 1.16 bits per heavy atom. The number of aliphatic hydroxyl groups is 1. The summed E-state index contributed by atoms with van der Waals surface area (Å²) in [7, 11) is 0. The Balaban J connectivity index is 1.86. The molecule has 110 valence electrons. The van der Waals surface area contributed by atoms with Gasteiger partial charge in [0.15, 0.2) is 0 Å². The molecule has 0 saturated heterocycles. The van der Waals surface area contributed by atoms with Crippen LogP contribution in [0.4, 0.5) is 0 Å². The molecule has 0 aliphatic heterocycles. The average Bonchev–Trinajstić information content (AvgIpc) is 2.48. The maximum Gasteiger partial charge on any atom is 0.309 e. The topological polar surface area (TPSA) is 46.5 Å². The first-order valence-electron chi connectivity index (χ1n) is 8.03. The first-order valence-corrected chi connectivity index (χ1v) is 8.03. The molecule has 2 saturated carbocycles. The molecule has 0 aromatic heterocycles. The number of aliphatic hydroxyl groups excluding tert-OH is 1. The molecule has 3 nitrogen and oxygen atoms in total. The fraction of sp³-hybridized carbons (Fsp3) is 0.938. The van der Waals surface area contributed by atoms with Crippen LogP contribution in [0.2, 0.25) is 0 Å². The van der Waals surface area contributed by atoms with E-state index in [1.807, 2.05) is 0 Å². The summed E-state index contributed by atoms with van der Waals surface area (Å²) in [5.74, 6) is 0.823. The van der Waals surface area contributed by atoms with Crippen LogP contribution in [0.3, 0.4) is 0 Å². The van der Waals surface area contributed by atoms with Gasteiger partial charge in [0.1, 0.15) is 5.60 Å². The van der Waals surface area contributed by atoms with Crippen LogP contribution in [0.15, 0.2) is 0 Å². The second kappa shape index (κ2) is 6.74. The van der Waals surface area contributed by atoms with Crippen molar-refractivity contribution in [2.24, 2.45) is 11.8 Å². The predicted octanol–water partition coefficient (Wildman–Crippen LogP) is 3.44. The Morgan fingerprint density at radius 3 is 2.32 bits per heavy atom. The highest BCUT2D eigenvalue weighted by Gasteiger charge is 2.38. The summed E-state index contributed by atoms with van der Waals surface area (Å²) in [4.78, 5) is 12.3. The van der Waals surface area contributed by atoms with Gasteiger partial charge in [-0.05, 0) is 57.3 Å². The molecule has 0 bridgehead atoms. The van der Waals surface area contributed by atoms with Gasteiger partial charge in [-0.3, -0.25) is 4.79 Å². The lowest BCUT2D eigenvalue weighted by Gasteiger charge is -2.37. The minimum atomic E-state index is -0.559. The molecule has 0 radical (unpaired) electrons. The lowest BCUT2D eigenvalue weighted by molar-refractivity contribution is -0.175. The summed E-state index contributed by atoms with van der Waals surface area (Å²) in [5.41, 5.74) is -0.559. The first-order chi connectivity index (χ1) is 9.19. The molecule has 3 heteroatoms. The van der Waals surface area contributed by atoms with Crippen molar-refractivity contribution in [3.63, 3.8) is 0 Å². The van der Waals surface area contributed by atoms with Crippen LogP contribution >= 0.6 is 0 Å². The maximum atomic E-state index is 12.3. The van der Waals surface area contributed by atoms with Gasteiger partial charge in [-0.2, -0.15) is 0 Å². The van der Waals surface area contributed by atoms with Crippen molar-refractivity contribution in [1.82, 2.24) is 0 Å². The smallest absolute Gasteiger partial charge is 0.309 e. The molecular formula is C16H28O3. The molecule has 0 aromatic rings. The Bertz CT molecular complexity index is 286. The van der Waals surface area contributed by atoms with Crippen molar-refractivity contribution >= 4 is 5.97 Å². The van der Waals surface area contributed by atoms with Crippen LogP contribution in [0.25, 0.3) is 0 Å². The normalized spacial score (nSPS) is 30.8. The van der Waals surface area contributed by atoms with Gasteiger partial charge in [0.05, 0.1) is 12.5 Å². The number of hydrogen-bond donors (Lipinski definition) is 1. The third-order valence-corrected chi connectivity index (χ3v) is 5.13. The van der Waals surface area contributed by atoms with Crippen molar-refractivity contribution in [3.05, 3.63) is 0 Å². The van der Waals surface area contributed by atoms with E-state index in [1.165, 1.54) is 12.8 Å². The number of rotatable bonds is 4. The molecule has 0 spiro atoms. The van der Waals surface area contributed by atoms with Gasteiger partial charge >= 0.3 is 5.97 Å². The lowest BCUT2D eigenvalue weighted by atomic mass is 9.80. The van der Waals surface area contributed by atoms with Crippen LogP contribution in [0.1, 0.15) is 71.1 Å². The minimum Gasteiger partial charge on any atom is -0.456 e. The zero-order chi connectivity index (χ0) is 13.7. The monoisotopic (exact) mass is 268 g/mol. The average molecular weight is 268 g/mol.